The summed E-state index contributed by atoms with van der Waals surface area (Å²) < 4.78 is 0. The number of hydrogen-bond donors (Lipinski definition) is 0. The molecule has 0 heterocycles. The summed E-state index contributed by atoms with van der Waals surface area (Å²) in [6.45, 7) is 2.14. The third kappa shape index (κ3) is 2.14. The van der Waals surface area contributed by atoms with Gasteiger partial charge in [0, 0.05) is 10.4 Å². The molecule has 1 heteroatoms. The minimum absolute atomic E-state index is 0.263. The molecule has 0 N–H and O–H groups in total. The summed E-state index contributed by atoms with van der Waals surface area (Å²) in [5.74, 6) is 0. The smallest absolute Gasteiger partial charge is 0.0409 e. The molecule has 0 bridgehead atoms. The maximum Gasteiger partial charge on any atom is 0.0409 e. The van der Waals surface area contributed by atoms with Gasteiger partial charge in [-0.05, 0) is 76.9 Å². The molecule has 0 unspecified atom stereocenters. The van der Waals surface area contributed by atoms with E-state index in [1.54, 1.807) is 11.1 Å². The zero-order valence-electron chi connectivity index (χ0n) is 14.5. The van der Waals surface area contributed by atoms with Crippen LogP contribution in [0.5, 0.6) is 0 Å². The first-order chi connectivity index (χ1) is 12.2. The largest absolute Gasteiger partial charge is 0.0843 e. The number of fused-ring (bicyclic) bond motifs is 5. The predicted molar refractivity (Wildman–Crippen MR) is 106 cm³/mol. The van der Waals surface area contributed by atoms with E-state index in [0.717, 1.165) is 5.02 Å². The molecule has 124 valence electrons. The predicted octanol–water partition coefficient (Wildman–Crippen LogP) is 7.16. The van der Waals surface area contributed by atoms with Gasteiger partial charge in [-0.2, -0.15) is 0 Å². The van der Waals surface area contributed by atoms with Gasteiger partial charge >= 0.3 is 0 Å². The molecule has 3 aromatic rings. The summed E-state index contributed by atoms with van der Waals surface area (Å²) in [6.07, 6.45) is 5.25. The van der Waals surface area contributed by atoms with E-state index >= 15 is 0 Å². The van der Waals surface area contributed by atoms with Gasteiger partial charge in [-0.15, -0.1) is 0 Å². The molecule has 2 aliphatic carbocycles. The Labute approximate surface area is 154 Å². The quantitative estimate of drug-likeness (QED) is 0.439. The molecule has 0 nitrogen and oxygen atoms in total. The number of aryl methyl sites for hydroxylation is 1. The highest BCUT2D eigenvalue weighted by molar-refractivity contribution is 6.30. The fourth-order valence-electron chi connectivity index (χ4n) is 5.10. The number of rotatable bonds is 1. The van der Waals surface area contributed by atoms with Crippen molar-refractivity contribution >= 4 is 11.6 Å². The van der Waals surface area contributed by atoms with Crippen LogP contribution in [-0.4, -0.2) is 0 Å². The molecule has 0 atom stereocenters. The molecule has 5 rings (SSSR count). The van der Waals surface area contributed by atoms with Gasteiger partial charge in [-0.1, -0.05) is 66.9 Å². The lowest BCUT2D eigenvalue weighted by Crippen LogP contribution is -2.20. The van der Waals surface area contributed by atoms with Crippen molar-refractivity contribution in [1.29, 1.82) is 0 Å². The second kappa shape index (κ2) is 5.47. The SMILES string of the molecule is Cc1cc(Cl)ccc1-c1ccc2c(c1)-c1ccccc1C21CCCC1. The Bertz CT molecular complexity index is 977. The maximum absolute atomic E-state index is 6.15. The van der Waals surface area contributed by atoms with Gasteiger partial charge < -0.3 is 0 Å². The molecule has 1 fully saturated rings. The second-order valence-electron chi connectivity index (χ2n) is 7.55. The summed E-state index contributed by atoms with van der Waals surface area (Å²) >= 11 is 6.15. The standard InChI is InChI=1S/C24H21Cl/c1-16-14-18(25)9-10-19(16)17-8-11-23-21(15-17)20-6-2-3-7-22(20)24(23)12-4-5-13-24/h2-3,6-11,14-15H,4-5,12-13H2,1H3. The summed E-state index contributed by atoms with van der Waals surface area (Å²) in [7, 11) is 0. The van der Waals surface area contributed by atoms with Gasteiger partial charge in [0.25, 0.3) is 0 Å². The van der Waals surface area contributed by atoms with Gasteiger partial charge in [0.05, 0.1) is 0 Å². The molecule has 0 radical (unpaired) electrons. The van der Waals surface area contributed by atoms with E-state index in [1.165, 1.54) is 53.5 Å². The first kappa shape index (κ1) is 15.2. The van der Waals surface area contributed by atoms with Crippen LogP contribution in [0.2, 0.25) is 5.02 Å². The highest BCUT2D eigenvalue weighted by Gasteiger charge is 2.44. The highest BCUT2D eigenvalue weighted by Crippen LogP contribution is 2.57. The van der Waals surface area contributed by atoms with Crippen molar-refractivity contribution in [3.8, 4) is 22.3 Å². The maximum atomic E-state index is 6.15. The van der Waals surface area contributed by atoms with Gasteiger partial charge in [0.1, 0.15) is 0 Å². The molecule has 2 aliphatic rings. The Balaban J connectivity index is 1.73. The van der Waals surface area contributed by atoms with Crippen LogP contribution in [0.4, 0.5) is 0 Å². The van der Waals surface area contributed by atoms with Crippen LogP contribution >= 0.6 is 11.6 Å². The number of benzene rings is 3. The van der Waals surface area contributed by atoms with E-state index in [-0.39, 0.29) is 5.41 Å². The van der Waals surface area contributed by atoms with Gasteiger partial charge in [0.2, 0.25) is 0 Å². The molecule has 1 spiro atoms. The van der Waals surface area contributed by atoms with E-state index in [4.69, 9.17) is 11.6 Å². The average Bonchev–Trinajstić information content (AvgIpc) is 3.21. The van der Waals surface area contributed by atoms with Gasteiger partial charge in [-0.25, -0.2) is 0 Å². The van der Waals surface area contributed by atoms with E-state index in [9.17, 15) is 0 Å². The average molecular weight is 345 g/mol. The van der Waals surface area contributed by atoms with Crippen LogP contribution in [-0.2, 0) is 5.41 Å². The normalized spacial score (nSPS) is 16.9. The molecule has 1 saturated carbocycles. The Morgan fingerprint density at radius 2 is 1.52 bits per heavy atom. The van der Waals surface area contributed by atoms with Crippen molar-refractivity contribution in [3.63, 3.8) is 0 Å². The fourth-order valence-corrected chi connectivity index (χ4v) is 5.33. The molecule has 25 heavy (non-hydrogen) atoms. The minimum Gasteiger partial charge on any atom is -0.0843 e. The van der Waals surface area contributed by atoms with Gasteiger partial charge in [0.15, 0.2) is 0 Å². The van der Waals surface area contributed by atoms with Crippen molar-refractivity contribution < 1.29 is 0 Å². The van der Waals surface area contributed by atoms with E-state index in [1.807, 2.05) is 6.07 Å². The monoisotopic (exact) mass is 344 g/mol. The molecular weight excluding hydrogens is 324 g/mol. The Morgan fingerprint density at radius 3 is 2.32 bits per heavy atom. The first-order valence-electron chi connectivity index (χ1n) is 9.20. The fraction of sp³-hybridized carbons (Fsp3) is 0.250. The van der Waals surface area contributed by atoms with Crippen LogP contribution in [0.25, 0.3) is 22.3 Å². The summed E-state index contributed by atoms with van der Waals surface area (Å²) in [5.41, 5.74) is 10.0. The van der Waals surface area contributed by atoms with Crippen molar-refractivity contribution in [2.24, 2.45) is 0 Å². The van der Waals surface area contributed by atoms with Crippen LogP contribution in [0.1, 0.15) is 42.4 Å². The lowest BCUT2D eigenvalue weighted by atomic mass is 9.76. The lowest BCUT2D eigenvalue weighted by molar-refractivity contribution is 0.550. The molecule has 0 amide bonds. The summed E-state index contributed by atoms with van der Waals surface area (Å²) in [6, 6.07) is 22.3. The molecule has 0 saturated heterocycles. The Hall–Kier alpha value is -2.05. The van der Waals surface area contributed by atoms with E-state index in [2.05, 4.69) is 61.5 Å². The third-order valence-corrected chi connectivity index (χ3v) is 6.46. The van der Waals surface area contributed by atoms with Crippen LogP contribution < -0.4 is 0 Å². The topological polar surface area (TPSA) is 0 Å². The molecule has 0 aromatic heterocycles. The van der Waals surface area contributed by atoms with Crippen LogP contribution in [0.3, 0.4) is 0 Å². The van der Waals surface area contributed by atoms with E-state index in [0.29, 0.717) is 0 Å². The van der Waals surface area contributed by atoms with E-state index < -0.39 is 0 Å². The number of hydrogen-bond acceptors (Lipinski definition) is 0. The summed E-state index contributed by atoms with van der Waals surface area (Å²) in [4.78, 5) is 0. The molecule has 3 aromatic carbocycles. The second-order valence-corrected chi connectivity index (χ2v) is 7.99. The molecular formula is C24H21Cl. The Morgan fingerprint density at radius 1 is 0.760 bits per heavy atom. The Kier molecular flexibility index (Phi) is 3.33. The third-order valence-electron chi connectivity index (χ3n) is 6.22. The van der Waals surface area contributed by atoms with Crippen molar-refractivity contribution in [3.05, 3.63) is 82.4 Å². The van der Waals surface area contributed by atoms with Gasteiger partial charge in [-0.3, -0.25) is 0 Å². The highest BCUT2D eigenvalue weighted by atomic mass is 35.5. The zero-order chi connectivity index (χ0) is 17.0. The van der Waals surface area contributed by atoms with Crippen molar-refractivity contribution in [2.45, 2.75) is 38.0 Å². The number of halogens is 1. The summed E-state index contributed by atoms with van der Waals surface area (Å²) in [5, 5.41) is 0.803. The minimum atomic E-state index is 0.263. The first-order valence-corrected chi connectivity index (χ1v) is 9.58. The van der Waals surface area contributed by atoms with Crippen molar-refractivity contribution in [1.82, 2.24) is 0 Å². The van der Waals surface area contributed by atoms with Crippen molar-refractivity contribution in [2.75, 3.05) is 0 Å². The lowest BCUT2D eigenvalue weighted by Gasteiger charge is -2.26. The molecule has 0 aliphatic heterocycles. The van der Waals surface area contributed by atoms with Crippen LogP contribution in [0, 0.1) is 6.92 Å². The zero-order valence-corrected chi connectivity index (χ0v) is 15.2. The van der Waals surface area contributed by atoms with Crippen LogP contribution in [0.15, 0.2) is 60.7 Å².